The molecule has 0 amide bonds. The first-order chi connectivity index (χ1) is 6.72. The second-order valence-electron chi connectivity index (χ2n) is 3.50. The first-order valence-electron chi connectivity index (χ1n) is 4.79. The molecule has 0 spiro atoms. The monoisotopic (exact) mass is 210 g/mol. The van der Waals surface area contributed by atoms with E-state index in [0.29, 0.717) is 6.54 Å². The van der Waals surface area contributed by atoms with Crippen molar-refractivity contribution >= 4 is 11.8 Å². The van der Waals surface area contributed by atoms with E-state index in [9.17, 15) is 0 Å². The van der Waals surface area contributed by atoms with Gasteiger partial charge in [0.1, 0.15) is 0 Å². The lowest BCUT2D eigenvalue weighted by atomic mass is 10.2. The standard InChI is InChI=1S/C11H18N2S/c1-13(2)7-8-14-11-5-3-10(9-12)4-6-11/h3-6H,7-9,12H2,1-2H3. The molecule has 0 unspecified atom stereocenters. The quantitative estimate of drug-likeness (QED) is 0.751. The first kappa shape index (κ1) is 11.6. The van der Waals surface area contributed by atoms with Crippen LogP contribution in [0.25, 0.3) is 0 Å². The molecule has 0 fully saturated rings. The fraction of sp³-hybridized carbons (Fsp3) is 0.455. The van der Waals surface area contributed by atoms with Crippen molar-refractivity contribution in [2.45, 2.75) is 11.4 Å². The maximum Gasteiger partial charge on any atom is 0.0178 e. The van der Waals surface area contributed by atoms with Crippen LogP contribution < -0.4 is 5.73 Å². The zero-order valence-corrected chi connectivity index (χ0v) is 9.68. The molecular formula is C11H18N2S. The summed E-state index contributed by atoms with van der Waals surface area (Å²) in [6.45, 7) is 1.74. The van der Waals surface area contributed by atoms with Crippen LogP contribution in [0.2, 0.25) is 0 Å². The van der Waals surface area contributed by atoms with Gasteiger partial charge in [0.05, 0.1) is 0 Å². The number of thioether (sulfide) groups is 1. The van der Waals surface area contributed by atoms with E-state index >= 15 is 0 Å². The van der Waals surface area contributed by atoms with Crippen molar-refractivity contribution in [3.8, 4) is 0 Å². The van der Waals surface area contributed by atoms with Crippen molar-refractivity contribution in [3.05, 3.63) is 29.8 Å². The summed E-state index contributed by atoms with van der Waals surface area (Å²) in [6, 6.07) is 8.47. The predicted octanol–water partition coefficient (Wildman–Crippen LogP) is 1.80. The van der Waals surface area contributed by atoms with Gasteiger partial charge < -0.3 is 10.6 Å². The Hall–Kier alpha value is -0.510. The van der Waals surface area contributed by atoms with Gasteiger partial charge in [-0.25, -0.2) is 0 Å². The Bertz CT molecular complexity index is 256. The molecule has 0 saturated heterocycles. The summed E-state index contributed by atoms with van der Waals surface area (Å²) in [5.74, 6) is 1.13. The van der Waals surface area contributed by atoms with Gasteiger partial charge in [0.2, 0.25) is 0 Å². The lowest BCUT2D eigenvalue weighted by molar-refractivity contribution is 0.437. The highest BCUT2D eigenvalue weighted by Gasteiger charge is 1.95. The average Bonchev–Trinajstić information content (AvgIpc) is 2.18. The number of nitrogens with two attached hydrogens (primary N) is 1. The van der Waals surface area contributed by atoms with Crippen molar-refractivity contribution in [1.82, 2.24) is 4.90 Å². The maximum atomic E-state index is 5.53. The van der Waals surface area contributed by atoms with Gasteiger partial charge in [-0.3, -0.25) is 0 Å². The van der Waals surface area contributed by atoms with Gasteiger partial charge in [0.15, 0.2) is 0 Å². The topological polar surface area (TPSA) is 29.3 Å². The summed E-state index contributed by atoms with van der Waals surface area (Å²) in [5.41, 5.74) is 6.72. The predicted molar refractivity (Wildman–Crippen MR) is 63.6 cm³/mol. The van der Waals surface area contributed by atoms with Crippen LogP contribution >= 0.6 is 11.8 Å². The van der Waals surface area contributed by atoms with Crippen LogP contribution in [0.15, 0.2) is 29.2 Å². The molecule has 0 atom stereocenters. The van der Waals surface area contributed by atoms with Crippen molar-refractivity contribution < 1.29 is 0 Å². The molecule has 0 aliphatic carbocycles. The minimum atomic E-state index is 0.628. The smallest absolute Gasteiger partial charge is 0.0178 e. The van der Waals surface area contributed by atoms with Gasteiger partial charge in [-0.05, 0) is 31.8 Å². The normalized spacial score (nSPS) is 10.9. The number of benzene rings is 1. The van der Waals surface area contributed by atoms with Crippen molar-refractivity contribution in [2.24, 2.45) is 5.73 Å². The molecule has 1 rings (SSSR count). The van der Waals surface area contributed by atoms with Crippen LogP contribution in [-0.4, -0.2) is 31.3 Å². The fourth-order valence-corrected chi connectivity index (χ4v) is 2.09. The lowest BCUT2D eigenvalue weighted by Gasteiger charge is -2.08. The molecule has 0 bridgehead atoms. The second-order valence-corrected chi connectivity index (χ2v) is 4.67. The average molecular weight is 210 g/mol. The van der Waals surface area contributed by atoms with E-state index < -0.39 is 0 Å². The zero-order chi connectivity index (χ0) is 10.4. The zero-order valence-electron chi connectivity index (χ0n) is 8.86. The first-order valence-corrected chi connectivity index (χ1v) is 5.77. The summed E-state index contributed by atoms with van der Waals surface area (Å²) in [5, 5.41) is 0. The number of nitrogens with zero attached hydrogens (tertiary/aromatic N) is 1. The van der Waals surface area contributed by atoms with Gasteiger partial charge in [-0.15, -0.1) is 11.8 Å². The molecule has 0 aliphatic rings. The van der Waals surface area contributed by atoms with Crippen LogP contribution in [0, 0.1) is 0 Å². The van der Waals surface area contributed by atoms with Gasteiger partial charge in [0.25, 0.3) is 0 Å². The van der Waals surface area contributed by atoms with Crippen LogP contribution in [0.5, 0.6) is 0 Å². The van der Waals surface area contributed by atoms with Gasteiger partial charge >= 0.3 is 0 Å². The Morgan fingerprint density at radius 1 is 1.21 bits per heavy atom. The second kappa shape index (κ2) is 6.06. The van der Waals surface area contributed by atoms with Crippen molar-refractivity contribution in [2.75, 3.05) is 26.4 Å². The Labute approximate surface area is 90.5 Å². The Kier molecular flexibility index (Phi) is 5.01. The van der Waals surface area contributed by atoms with E-state index in [-0.39, 0.29) is 0 Å². The third-order valence-corrected chi connectivity index (χ3v) is 2.96. The third-order valence-electron chi connectivity index (χ3n) is 1.97. The van der Waals surface area contributed by atoms with Crippen LogP contribution in [0.1, 0.15) is 5.56 Å². The fourth-order valence-electron chi connectivity index (χ4n) is 1.07. The highest BCUT2D eigenvalue weighted by molar-refractivity contribution is 7.99. The molecule has 1 aromatic rings. The third kappa shape index (κ3) is 4.13. The number of hydrogen-bond acceptors (Lipinski definition) is 3. The molecule has 3 heteroatoms. The number of rotatable bonds is 5. The van der Waals surface area contributed by atoms with Crippen LogP contribution in [0.4, 0.5) is 0 Å². The molecule has 0 radical (unpaired) electrons. The summed E-state index contributed by atoms with van der Waals surface area (Å²) in [4.78, 5) is 3.52. The maximum absolute atomic E-state index is 5.53. The largest absolute Gasteiger partial charge is 0.326 e. The minimum Gasteiger partial charge on any atom is -0.326 e. The molecule has 0 aromatic heterocycles. The summed E-state index contributed by atoms with van der Waals surface area (Å²) in [6.07, 6.45) is 0. The Morgan fingerprint density at radius 3 is 2.36 bits per heavy atom. The number of hydrogen-bond donors (Lipinski definition) is 1. The van der Waals surface area contributed by atoms with Crippen molar-refractivity contribution in [3.63, 3.8) is 0 Å². The Balaban J connectivity index is 2.36. The molecule has 2 N–H and O–H groups in total. The van der Waals surface area contributed by atoms with E-state index in [2.05, 4.69) is 43.3 Å². The van der Waals surface area contributed by atoms with E-state index in [4.69, 9.17) is 5.73 Å². The summed E-state index contributed by atoms with van der Waals surface area (Å²) in [7, 11) is 4.19. The van der Waals surface area contributed by atoms with Crippen LogP contribution in [-0.2, 0) is 6.54 Å². The van der Waals surface area contributed by atoms with Gasteiger partial charge in [-0.2, -0.15) is 0 Å². The van der Waals surface area contributed by atoms with Crippen LogP contribution in [0.3, 0.4) is 0 Å². The van der Waals surface area contributed by atoms with E-state index in [1.165, 1.54) is 10.5 Å². The highest BCUT2D eigenvalue weighted by Crippen LogP contribution is 2.17. The van der Waals surface area contributed by atoms with E-state index in [1.54, 1.807) is 0 Å². The van der Waals surface area contributed by atoms with Gasteiger partial charge in [-0.1, -0.05) is 12.1 Å². The summed E-state index contributed by atoms with van der Waals surface area (Å²) >= 11 is 1.89. The molecule has 0 saturated carbocycles. The van der Waals surface area contributed by atoms with Crippen molar-refractivity contribution in [1.29, 1.82) is 0 Å². The SMILES string of the molecule is CN(C)CCSc1ccc(CN)cc1. The summed E-state index contributed by atoms with van der Waals surface area (Å²) < 4.78 is 0. The molecule has 2 nitrogen and oxygen atoms in total. The lowest BCUT2D eigenvalue weighted by Crippen LogP contribution is -2.14. The molecule has 78 valence electrons. The van der Waals surface area contributed by atoms with E-state index in [0.717, 1.165) is 12.3 Å². The minimum absolute atomic E-state index is 0.628. The molecule has 0 heterocycles. The highest BCUT2D eigenvalue weighted by atomic mass is 32.2. The molecular weight excluding hydrogens is 192 g/mol. The molecule has 0 aliphatic heterocycles. The van der Waals surface area contributed by atoms with E-state index in [1.807, 2.05) is 11.8 Å². The molecule has 1 aromatic carbocycles. The van der Waals surface area contributed by atoms with Gasteiger partial charge in [0, 0.05) is 23.7 Å². The molecule has 14 heavy (non-hydrogen) atoms. The Morgan fingerprint density at radius 2 is 1.86 bits per heavy atom.